The van der Waals surface area contributed by atoms with Crippen molar-refractivity contribution in [3.8, 4) is 0 Å². The summed E-state index contributed by atoms with van der Waals surface area (Å²) in [6.45, 7) is 8.37. The van der Waals surface area contributed by atoms with Crippen molar-refractivity contribution in [3.63, 3.8) is 0 Å². The molecule has 0 saturated heterocycles. The van der Waals surface area contributed by atoms with Crippen LogP contribution in [0.15, 0.2) is 0 Å². The monoisotopic (exact) mass is 215 g/mol. The zero-order chi connectivity index (χ0) is 12.2. The van der Waals surface area contributed by atoms with Crippen molar-refractivity contribution in [3.05, 3.63) is 0 Å². The average molecular weight is 215 g/mol. The van der Waals surface area contributed by atoms with Gasteiger partial charge in [0.25, 0.3) is 0 Å². The first-order valence-electron chi connectivity index (χ1n) is 5.38. The van der Waals surface area contributed by atoms with E-state index in [0.29, 0.717) is 12.5 Å². The molecule has 0 heterocycles. The van der Waals surface area contributed by atoms with Crippen LogP contribution in [-0.2, 0) is 4.79 Å². The molecular formula is C11H25N3O. The summed E-state index contributed by atoms with van der Waals surface area (Å²) in [5.74, 6) is 0.342. The Morgan fingerprint density at radius 2 is 1.87 bits per heavy atom. The second kappa shape index (κ2) is 5.47. The van der Waals surface area contributed by atoms with Crippen LogP contribution < -0.4 is 11.1 Å². The average Bonchev–Trinajstić information content (AvgIpc) is 1.97. The Kier molecular flexibility index (Phi) is 5.24. The fraction of sp³-hybridized carbons (Fsp3) is 0.909. The van der Waals surface area contributed by atoms with E-state index < -0.39 is 0 Å². The zero-order valence-electron chi connectivity index (χ0n) is 10.8. The van der Waals surface area contributed by atoms with E-state index in [0.717, 1.165) is 0 Å². The minimum atomic E-state index is -0.358. The van der Waals surface area contributed by atoms with E-state index in [1.165, 1.54) is 0 Å². The first-order valence-corrected chi connectivity index (χ1v) is 5.38. The summed E-state index contributed by atoms with van der Waals surface area (Å²) >= 11 is 0. The summed E-state index contributed by atoms with van der Waals surface area (Å²) in [4.78, 5) is 13.8. The molecule has 0 rings (SSSR count). The molecule has 0 spiro atoms. The van der Waals surface area contributed by atoms with Crippen LogP contribution in [0, 0.1) is 5.92 Å². The summed E-state index contributed by atoms with van der Waals surface area (Å²) in [5, 5.41) is 2.88. The van der Waals surface area contributed by atoms with Gasteiger partial charge in [-0.1, -0.05) is 13.8 Å². The highest BCUT2D eigenvalue weighted by Crippen LogP contribution is 2.07. The summed E-state index contributed by atoms with van der Waals surface area (Å²) in [5.41, 5.74) is 5.45. The van der Waals surface area contributed by atoms with E-state index in [9.17, 15) is 4.79 Å². The number of rotatable bonds is 5. The predicted molar refractivity (Wildman–Crippen MR) is 63.6 cm³/mol. The number of nitrogens with zero attached hydrogens (tertiary/aromatic N) is 1. The number of nitrogens with two attached hydrogens (primary N) is 1. The quantitative estimate of drug-likeness (QED) is 0.699. The number of hydrogen-bond acceptors (Lipinski definition) is 3. The van der Waals surface area contributed by atoms with Gasteiger partial charge in [0.15, 0.2) is 0 Å². The smallest absolute Gasteiger partial charge is 0.237 e. The molecule has 0 bridgehead atoms. The van der Waals surface area contributed by atoms with Gasteiger partial charge in [0.1, 0.15) is 0 Å². The molecular weight excluding hydrogens is 190 g/mol. The molecule has 3 N–H and O–H groups in total. The lowest BCUT2D eigenvalue weighted by Crippen LogP contribution is -2.52. The second-order valence-corrected chi connectivity index (χ2v) is 5.36. The van der Waals surface area contributed by atoms with Gasteiger partial charge in [-0.2, -0.15) is 0 Å². The molecule has 90 valence electrons. The molecule has 0 aliphatic rings. The molecule has 4 heteroatoms. The second-order valence-electron chi connectivity index (χ2n) is 5.36. The van der Waals surface area contributed by atoms with Crippen LogP contribution in [0.4, 0.5) is 0 Å². The van der Waals surface area contributed by atoms with Crippen LogP contribution in [0.1, 0.15) is 27.7 Å². The normalized spacial score (nSPS) is 14.5. The Labute approximate surface area is 93.2 Å². The summed E-state index contributed by atoms with van der Waals surface area (Å²) in [7, 11) is 3.83. The lowest BCUT2D eigenvalue weighted by atomic mass is 10.0. The Hall–Kier alpha value is -0.610. The molecule has 0 radical (unpaired) electrons. The van der Waals surface area contributed by atoms with Crippen LogP contribution >= 0.6 is 0 Å². The van der Waals surface area contributed by atoms with Crippen molar-refractivity contribution in [2.24, 2.45) is 11.7 Å². The largest absolute Gasteiger partial charge is 0.353 e. The van der Waals surface area contributed by atoms with Gasteiger partial charge in [-0.05, 0) is 33.9 Å². The Morgan fingerprint density at radius 1 is 1.40 bits per heavy atom. The zero-order valence-corrected chi connectivity index (χ0v) is 10.8. The number of nitrogens with one attached hydrogen (secondary N) is 1. The maximum Gasteiger partial charge on any atom is 0.237 e. The fourth-order valence-electron chi connectivity index (χ4n) is 1.55. The topological polar surface area (TPSA) is 58.4 Å². The highest BCUT2D eigenvalue weighted by molar-refractivity contribution is 5.82. The summed E-state index contributed by atoms with van der Waals surface area (Å²) < 4.78 is 0. The minimum absolute atomic E-state index is 0.0496. The molecule has 0 aromatic rings. The van der Waals surface area contributed by atoms with E-state index in [-0.39, 0.29) is 17.5 Å². The third kappa shape index (κ3) is 5.74. The van der Waals surface area contributed by atoms with Crippen molar-refractivity contribution in [2.75, 3.05) is 20.6 Å². The first-order chi connectivity index (χ1) is 6.65. The van der Waals surface area contributed by atoms with E-state index in [1.54, 1.807) is 0 Å². The molecule has 0 aliphatic heterocycles. The molecule has 0 aromatic carbocycles. The van der Waals surface area contributed by atoms with Crippen molar-refractivity contribution >= 4 is 5.91 Å². The van der Waals surface area contributed by atoms with Gasteiger partial charge in [0.05, 0.1) is 6.04 Å². The highest BCUT2D eigenvalue weighted by Gasteiger charge is 2.25. The van der Waals surface area contributed by atoms with Gasteiger partial charge in [-0.15, -0.1) is 0 Å². The lowest BCUT2D eigenvalue weighted by molar-refractivity contribution is -0.127. The van der Waals surface area contributed by atoms with Crippen LogP contribution in [0.3, 0.4) is 0 Å². The first kappa shape index (κ1) is 14.4. The molecule has 0 saturated carbocycles. The van der Waals surface area contributed by atoms with E-state index in [1.807, 2.05) is 46.7 Å². The molecule has 0 fully saturated rings. The predicted octanol–water partition coefficient (Wildman–Crippen LogP) is 0.426. The number of hydrogen-bond donors (Lipinski definition) is 2. The number of carbonyl (C=O) groups excluding carboxylic acids is 1. The Bertz CT molecular complexity index is 198. The van der Waals surface area contributed by atoms with Gasteiger partial charge in [0.2, 0.25) is 5.91 Å². The fourth-order valence-corrected chi connectivity index (χ4v) is 1.55. The van der Waals surface area contributed by atoms with E-state index in [2.05, 4.69) is 5.32 Å². The maximum atomic E-state index is 11.9. The molecule has 0 aromatic heterocycles. The molecule has 1 unspecified atom stereocenters. The number of likely N-dealkylation sites (N-methyl/N-ethyl adjacent to an activating group) is 1. The molecule has 0 aliphatic carbocycles. The van der Waals surface area contributed by atoms with Gasteiger partial charge in [-0.25, -0.2) is 0 Å². The van der Waals surface area contributed by atoms with E-state index >= 15 is 0 Å². The molecule has 15 heavy (non-hydrogen) atoms. The van der Waals surface area contributed by atoms with Crippen molar-refractivity contribution in [1.82, 2.24) is 10.2 Å². The van der Waals surface area contributed by atoms with E-state index in [4.69, 9.17) is 5.73 Å². The minimum Gasteiger partial charge on any atom is -0.353 e. The van der Waals surface area contributed by atoms with Gasteiger partial charge >= 0.3 is 0 Å². The van der Waals surface area contributed by atoms with Crippen molar-refractivity contribution < 1.29 is 4.79 Å². The maximum absolute atomic E-state index is 11.9. The molecule has 4 nitrogen and oxygen atoms in total. The standard InChI is InChI=1S/C11H25N3O/c1-8(2)9(14(5)6)10(15)13-7-11(3,4)12/h8-9H,7,12H2,1-6H3,(H,13,15). The van der Waals surface area contributed by atoms with Crippen LogP contribution in [0.2, 0.25) is 0 Å². The van der Waals surface area contributed by atoms with Crippen molar-refractivity contribution in [1.29, 1.82) is 0 Å². The van der Waals surface area contributed by atoms with Gasteiger partial charge in [-0.3, -0.25) is 9.69 Å². The Balaban J connectivity index is 4.29. The number of carbonyl (C=O) groups is 1. The van der Waals surface area contributed by atoms with Crippen molar-refractivity contribution in [2.45, 2.75) is 39.3 Å². The SMILES string of the molecule is CC(C)C(C(=O)NCC(C)(C)N)N(C)C. The summed E-state index contributed by atoms with van der Waals surface area (Å²) in [6, 6.07) is -0.0904. The summed E-state index contributed by atoms with van der Waals surface area (Å²) in [6.07, 6.45) is 0. The van der Waals surface area contributed by atoms with Crippen LogP contribution in [-0.4, -0.2) is 43.0 Å². The molecule has 1 amide bonds. The van der Waals surface area contributed by atoms with Crippen LogP contribution in [0.25, 0.3) is 0 Å². The highest BCUT2D eigenvalue weighted by atomic mass is 16.2. The van der Waals surface area contributed by atoms with Gasteiger partial charge in [0, 0.05) is 12.1 Å². The lowest BCUT2D eigenvalue weighted by Gasteiger charge is -2.28. The van der Waals surface area contributed by atoms with Crippen LogP contribution in [0.5, 0.6) is 0 Å². The third-order valence-electron chi connectivity index (χ3n) is 2.17. The molecule has 1 atom stereocenters. The number of amides is 1. The third-order valence-corrected chi connectivity index (χ3v) is 2.17. The van der Waals surface area contributed by atoms with Gasteiger partial charge < -0.3 is 11.1 Å². The Morgan fingerprint density at radius 3 is 2.13 bits per heavy atom.